The molecule has 0 fully saturated rings. The van der Waals surface area contributed by atoms with Crippen LogP contribution in [0.15, 0.2) is 18.2 Å². The van der Waals surface area contributed by atoms with Crippen LogP contribution in [0.5, 0.6) is 5.75 Å². The maximum Gasteiger partial charge on any atom is 0.230 e. The summed E-state index contributed by atoms with van der Waals surface area (Å²) in [6, 6.07) is 6.92. The number of primary amides is 1. The van der Waals surface area contributed by atoms with Crippen molar-refractivity contribution in [3.05, 3.63) is 29.3 Å². The number of methoxy groups -OCH3 is 1. The molecule has 1 unspecified atom stereocenters. The van der Waals surface area contributed by atoms with E-state index in [-0.39, 0.29) is 11.5 Å². The molecule has 0 saturated carbocycles. The Kier molecular flexibility index (Phi) is 4.67. The zero-order valence-corrected chi connectivity index (χ0v) is 10.1. The van der Waals surface area contributed by atoms with Crippen LogP contribution < -0.4 is 10.5 Å². The lowest BCUT2D eigenvalue weighted by Gasteiger charge is -2.05. The van der Waals surface area contributed by atoms with Crippen molar-refractivity contribution in [3.63, 3.8) is 0 Å². The zero-order chi connectivity index (χ0) is 12.8. The predicted octanol–water partition coefficient (Wildman–Crippen LogP) is 0.301. The molecule has 1 atom stereocenters. The molecular weight excluding hydrogens is 240 g/mol. The SMILES string of the molecule is COc1ccc(CS(=O)CC(N)=O)cc1C#N. The summed E-state index contributed by atoms with van der Waals surface area (Å²) < 4.78 is 16.5. The molecule has 0 aromatic heterocycles. The molecule has 2 N–H and O–H groups in total. The van der Waals surface area contributed by atoms with Crippen LogP contribution in [0.25, 0.3) is 0 Å². The molecular formula is C11H12N2O3S. The van der Waals surface area contributed by atoms with Gasteiger partial charge in [0, 0.05) is 16.6 Å². The summed E-state index contributed by atoms with van der Waals surface area (Å²) >= 11 is 0. The third kappa shape index (κ3) is 3.89. The number of carbonyl (C=O) groups excluding carboxylic acids is 1. The van der Waals surface area contributed by atoms with Gasteiger partial charge in [-0.25, -0.2) is 0 Å². The molecule has 0 aliphatic rings. The Labute approximate surface area is 102 Å². The Bertz CT molecular complexity index is 494. The molecule has 5 nitrogen and oxygen atoms in total. The second kappa shape index (κ2) is 6.01. The Balaban J connectivity index is 2.83. The summed E-state index contributed by atoms with van der Waals surface area (Å²) in [6.45, 7) is 0. The standard InChI is InChI=1S/C11H12N2O3S/c1-16-10-3-2-8(4-9(10)5-12)6-17(15)7-11(13)14/h2-4H,6-7H2,1H3,(H2,13,14). The van der Waals surface area contributed by atoms with Crippen LogP contribution in [0.1, 0.15) is 11.1 Å². The smallest absolute Gasteiger partial charge is 0.230 e. The molecule has 90 valence electrons. The lowest BCUT2D eigenvalue weighted by Crippen LogP contribution is -2.20. The number of nitriles is 1. The van der Waals surface area contributed by atoms with Gasteiger partial charge in [0.1, 0.15) is 17.6 Å². The molecule has 1 rings (SSSR count). The van der Waals surface area contributed by atoms with Crippen molar-refractivity contribution in [3.8, 4) is 11.8 Å². The lowest BCUT2D eigenvalue weighted by molar-refractivity contribution is -0.115. The Hall–Kier alpha value is -1.87. The van der Waals surface area contributed by atoms with Gasteiger partial charge in [0.25, 0.3) is 0 Å². The van der Waals surface area contributed by atoms with E-state index in [0.29, 0.717) is 16.9 Å². The number of hydrogen-bond acceptors (Lipinski definition) is 4. The second-order valence-electron chi connectivity index (χ2n) is 3.34. The number of amides is 1. The van der Waals surface area contributed by atoms with E-state index < -0.39 is 16.7 Å². The molecule has 0 aliphatic carbocycles. The molecule has 6 heteroatoms. The number of carbonyl (C=O) groups is 1. The molecule has 17 heavy (non-hydrogen) atoms. The second-order valence-corrected chi connectivity index (χ2v) is 4.80. The van der Waals surface area contributed by atoms with Gasteiger partial charge in [0.15, 0.2) is 0 Å². The van der Waals surface area contributed by atoms with Crippen LogP contribution >= 0.6 is 0 Å². The first-order chi connectivity index (χ1) is 8.06. The summed E-state index contributed by atoms with van der Waals surface area (Å²) in [7, 11) is 0.129. The minimum atomic E-state index is -1.34. The number of ether oxygens (including phenoxy) is 1. The fourth-order valence-electron chi connectivity index (χ4n) is 1.33. The fourth-order valence-corrected chi connectivity index (χ4v) is 2.30. The molecule has 1 aromatic carbocycles. The van der Waals surface area contributed by atoms with Gasteiger partial charge in [-0.05, 0) is 17.7 Å². The summed E-state index contributed by atoms with van der Waals surface area (Å²) in [6.07, 6.45) is 0. The number of nitrogens with zero attached hydrogens (tertiary/aromatic N) is 1. The fraction of sp³-hybridized carbons (Fsp3) is 0.273. The number of benzene rings is 1. The van der Waals surface area contributed by atoms with E-state index in [1.807, 2.05) is 6.07 Å². The van der Waals surface area contributed by atoms with Crippen LogP contribution in [0.4, 0.5) is 0 Å². The van der Waals surface area contributed by atoms with E-state index in [2.05, 4.69) is 0 Å². The quantitative estimate of drug-likeness (QED) is 0.815. The Morgan fingerprint density at radius 2 is 2.29 bits per heavy atom. The Morgan fingerprint density at radius 1 is 1.59 bits per heavy atom. The highest BCUT2D eigenvalue weighted by molar-refractivity contribution is 7.84. The first-order valence-corrected chi connectivity index (χ1v) is 6.26. The summed E-state index contributed by atoms with van der Waals surface area (Å²) in [5, 5.41) is 8.87. The van der Waals surface area contributed by atoms with Crippen LogP contribution in [0, 0.1) is 11.3 Å². The van der Waals surface area contributed by atoms with E-state index in [9.17, 15) is 9.00 Å². The van der Waals surface area contributed by atoms with Crippen LogP contribution in [-0.4, -0.2) is 23.0 Å². The number of nitrogens with two attached hydrogens (primary N) is 1. The minimum absolute atomic E-state index is 0.173. The van der Waals surface area contributed by atoms with Crippen molar-refractivity contribution in [1.29, 1.82) is 5.26 Å². The topological polar surface area (TPSA) is 93.2 Å². The average Bonchev–Trinajstić information content (AvgIpc) is 2.27. The molecule has 0 heterocycles. The summed E-state index contributed by atoms with van der Waals surface area (Å²) in [5.74, 6) is -0.107. The van der Waals surface area contributed by atoms with Gasteiger partial charge < -0.3 is 10.5 Å². The molecule has 1 amide bonds. The van der Waals surface area contributed by atoms with Gasteiger partial charge in [0.2, 0.25) is 5.91 Å². The van der Waals surface area contributed by atoms with Crippen molar-refractivity contribution in [1.82, 2.24) is 0 Å². The maximum atomic E-state index is 11.5. The monoisotopic (exact) mass is 252 g/mol. The van der Waals surface area contributed by atoms with Gasteiger partial charge in [-0.3, -0.25) is 9.00 Å². The van der Waals surface area contributed by atoms with Crippen molar-refractivity contribution in [2.75, 3.05) is 12.9 Å². The largest absolute Gasteiger partial charge is 0.495 e. The van der Waals surface area contributed by atoms with Gasteiger partial charge in [-0.2, -0.15) is 5.26 Å². The van der Waals surface area contributed by atoms with E-state index in [4.69, 9.17) is 15.7 Å². The first-order valence-electron chi connectivity index (χ1n) is 4.77. The van der Waals surface area contributed by atoms with E-state index >= 15 is 0 Å². The predicted molar refractivity (Wildman–Crippen MR) is 63.6 cm³/mol. The van der Waals surface area contributed by atoms with Crippen LogP contribution in [0.2, 0.25) is 0 Å². The molecule has 0 radical (unpaired) electrons. The third-order valence-corrected chi connectivity index (χ3v) is 3.28. The highest BCUT2D eigenvalue weighted by atomic mass is 32.2. The molecule has 0 bridgehead atoms. The van der Waals surface area contributed by atoms with Crippen LogP contribution in [-0.2, 0) is 21.3 Å². The van der Waals surface area contributed by atoms with Crippen molar-refractivity contribution in [2.24, 2.45) is 5.73 Å². The van der Waals surface area contributed by atoms with Crippen LogP contribution in [0.3, 0.4) is 0 Å². The average molecular weight is 252 g/mol. The van der Waals surface area contributed by atoms with Crippen molar-refractivity contribution >= 4 is 16.7 Å². The molecule has 1 aromatic rings. The lowest BCUT2D eigenvalue weighted by atomic mass is 10.1. The first kappa shape index (κ1) is 13.2. The molecule has 0 spiro atoms. The van der Waals surface area contributed by atoms with Gasteiger partial charge >= 0.3 is 0 Å². The minimum Gasteiger partial charge on any atom is -0.495 e. The summed E-state index contributed by atoms with van der Waals surface area (Å²) in [4.78, 5) is 10.6. The van der Waals surface area contributed by atoms with Gasteiger partial charge in [-0.15, -0.1) is 0 Å². The Morgan fingerprint density at radius 3 is 2.82 bits per heavy atom. The zero-order valence-electron chi connectivity index (χ0n) is 9.30. The van der Waals surface area contributed by atoms with Crippen molar-refractivity contribution < 1.29 is 13.7 Å². The van der Waals surface area contributed by atoms with Gasteiger partial charge in [0.05, 0.1) is 12.7 Å². The normalized spacial score (nSPS) is 11.5. The van der Waals surface area contributed by atoms with E-state index in [0.717, 1.165) is 0 Å². The molecule has 0 aliphatic heterocycles. The third-order valence-electron chi connectivity index (χ3n) is 2.02. The molecule has 0 saturated heterocycles. The maximum absolute atomic E-state index is 11.5. The van der Waals surface area contributed by atoms with E-state index in [1.54, 1.807) is 18.2 Å². The highest BCUT2D eigenvalue weighted by Crippen LogP contribution is 2.19. The number of rotatable bonds is 5. The van der Waals surface area contributed by atoms with E-state index in [1.165, 1.54) is 7.11 Å². The highest BCUT2D eigenvalue weighted by Gasteiger charge is 2.08. The number of hydrogen-bond donors (Lipinski definition) is 1. The van der Waals surface area contributed by atoms with Gasteiger partial charge in [-0.1, -0.05) is 6.07 Å². The van der Waals surface area contributed by atoms with Crippen molar-refractivity contribution in [2.45, 2.75) is 5.75 Å². The summed E-state index contributed by atoms with van der Waals surface area (Å²) in [5.41, 5.74) is 6.03.